The molecule has 0 aliphatic rings. The molecule has 4 nitrogen and oxygen atoms in total. The Balaban J connectivity index is 2.46. The lowest BCUT2D eigenvalue weighted by atomic mass is 10.2. The van der Waals surface area contributed by atoms with Gasteiger partial charge in [-0.3, -0.25) is 4.79 Å². The second kappa shape index (κ2) is 3.74. The number of halogens is 1. The number of rotatable bonds is 2. The first-order chi connectivity index (χ1) is 7.15. The molecule has 0 unspecified atom stereocenters. The van der Waals surface area contributed by atoms with E-state index in [0.29, 0.717) is 16.7 Å². The number of carbonyl (C=O) groups is 1. The highest BCUT2D eigenvalue weighted by molar-refractivity contribution is 6.66. The van der Waals surface area contributed by atoms with Gasteiger partial charge in [-0.05, 0) is 35.4 Å². The minimum atomic E-state index is -0.750. The van der Waals surface area contributed by atoms with Crippen molar-refractivity contribution in [3.8, 4) is 0 Å². The summed E-state index contributed by atoms with van der Waals surface area (Å²) in [5, 5.41) is -0.566. The zero-order valence-electron chi connectivity index (χ0n) is 7.40. The third kappa shape index (κ3) is 2.16. The zero-order valence-corrected chi connectivity index (χ0v) is 8.15. The Labute approximate surface area is 88.7 Å². The summed E-state index contributed by atoms with van der Waals surface area (Å²) in [7, 11) is 0. The van der Waals surface area contributed by atoms with Crippen LogP contribution in [0.15, 0.2) is 37.9 Å². The topological polar surface area (TPSA) is 60.4 Å². The monoisotopic (exact) mass is 224 g/mol. The average Bonchev–Trinajstić information content (AvgIpc) is 2.53. The first-order valence-electron chi connectivity index (χ1n) is 4.06. The number of fused-ring (bicyclic) bond motifs is 1. The van der Waals surface area contributed by atoms with Crippen molar-refractivity contribution in [1.29, 1.82) is 0 Å². The summed E-state index contributed by atoms with van der Waals surface area (Å²) in [6, 6.07) is 4.84. The van der Waals surface area contributed by atoms with Crippen LogP contribution in [0.1, 0.15) is 5.56 Å². The number of allylic oxidation sites excluding steroid dienone is 1. The van der Waals surface area contributed by atoms with Crippen LogP contribution in [-0.4, -0.2) is 5.24 Å². The van der Waals surface area contributed by atoms with Gasteiger partial charge in [-0.15, -0.1) is 0 Å². The maximum absolute atomic E-state index is 10.7. The number of benzene rings is 1. The molecule has 0 saturated heterocycles. The summed E-state index contributed by atoms with van der Waals surface area (Å²) in [5.41, 5.74) is 1.40. The third-order valence-electron chi connectivity index (χ3n) is 1.76. The largest absolute Gasteiger partial charge is 0.519 e. The van der Waals surface area contributed by atoms with Crippen LogP contribution in [-0.2, 0) is 4.79 Å². The molecule has 0 N–H and O–H groups in total. The van der Waals surface area contributed by atoms with Gasteiger partial charge in [0.05, 0.1) is 0 Å². The fourth-order valence-electron chi connectivity index (χ4n) is 1.15. The summed E-state index contributed by atoms with van der Waals surface area (Å²) in [6.45, 7) is 0. The van der Waals surface area contributed by atoms with E-state index in [-0.39, 0.29) is 0 Å². The maximum Gasteiger partial charge on any atom is 0.519 e. The minimum absolute atomic E-state index is 0.337. The summed E-state index contributed by atoms with van der Waals surface area (Å²) in [5.74, 6) is -0.750. The van der Waals surface area contributed by atoms with E-state index in [9.17, 15) is 9.59 Å². The zero-order chi connectivity index (χ0) is 10.8. The second-order valence-electron chi connectivity index (χ2n) is 2.80. The van der Waals surface area contributed by atoms with Crippen LogP contribution in [0.2, 0.25) is 0 Å². The first kappa shape index (κ1) is 9.73. The molecule has 76 valence electrons. The van der Waals surface area contributed by atoms with Gasteiger partial charge in [-0.1, -0.05) is 12.1 Å². The van der Waals surface area contributed by atoms with E-state index in [1.54, 1.807) is 18.2 Å². The van der Waals surface area contributed by atoms with Crippen molar-refractivity contribution < 1.29 is 13.6 Å². The molecule has 1 aromatic carbocycles. The van der Waals surface area contributed by atoms with Crippen LogP contribution in [0, 0.1) is 0 Å². The molecular weight excluding hydrogens is 220 g/mol. The minimum Gasteiger partial charge on any atom is -0.391 e. The number of hydrogen-bond acceptors (Lipinski definition) is 4. The van der Waals surface area contributed by atoms with Gasteiger partial charge in [0.2, 0.25) is 5.24 Å². The summed E-state index contributed by atoms with van der Waals surface area (Å²) < 4.78 is 9.45. The predicted molar refractivity (Wildman–Crippen MR) is 54.6 cm³/mol. The Morgan fingerprint density at radius 3 is 2.73 bits per heavy atom. The highest BCUT2D eigenvalue weighted by atomic mass is 35.5. The molecule has 0 spiro atoms. The summed E-state index contributed by atoms with van der Waals surface area (Å²) in [6.07, 6.45) is 2.72. The molecule has 0 bridgehead atoms. The molecule has 2 rings (SSSR count). The van der Waals surface area contributed by atoms with Gasteiger partial charge in [-0.2, -0.15) is 0 Å². The first-order valence-corrected chi connectivity index (χ1v) is 4.44. The molecule has 5 heteroatoms. The Bertz CT molecular complexity index is 591. The van der Waals surface area contributed by atoms with Crippen LogP contribution in [0.3, 0.4) is 0 Å². The lowest BCUT2D eigenvalue weighted by Gasteiger charge is -1.90. The van der Waals surface area contributed by atoms with Crippen LogP contribution in [0.4, 0.5) is 0 Å². The van der Waals surface area contributed by atoms with E-state index in [0.717, 1.165) is 0 Å². The van der Waals surface area contributed by atoms with Crippen molar-refractivity contribution in [3.05, 3.63) is 40.5 Å². The Hall–Kier alpha value is -1.81. The molecule has 1 heterocycles. The molecule has 2 aromatic rings. The molecule has 0 radical (unpaired) electrons. The molecule has 0 aliphatic carbocycles. The number of carbonyl (C=O) groups excluding carboxylic acids is 1. The van der Waals surface area contributed by atoms with E-state index in [1.165, 1.54) is 12.2 Å². The van der Waals surface area contributed by atoms with E-state index < -0.39 is 11.1 Å². The molecule has 0 fully saturated rings. The van der Waals surface area contributed by atoms with Gasteiger partial charge in [0.15, 0.2) is 11.2 Å². The van der Waals surface area contributed by atoms with Crippen LogP contribution < -0.4 is 5.82 Å². The van der Waals surface area contributed by atoms with Gasteiger partial charge < -0.3 is 8.83 Å². The molecule has 1 aromatic heterocycles. The van der Waals surface area contributed by atoms with Crippen LogP contribution in [0.25, 0.3) is 17.2 Å². The smallest absolute Gasteiger partial charge is 0.391 e. The van der Waals surface area contributed by atoms with Crippen molar-refractivity contribution in [2.24, 2.45) is 0 Å². The Morgan fingerprint density at radius 1 is 1.27 bits per heavy atom. The van der Waals surface area contributed by atoms with Crippen molar-refractivity contribution in [2.75, 3.05) is 0 Å². The Morgan fingerprint density at radius 2 is 2.00 bits per heavy atom. The summed E-state index contributed by atoms with van der Waals surface area (Å²) >= 11 is 5.13. The maximum atomic E-state index is 10.7. The van der Waals surface area contributed by atoms with Gasteiger partial charge in [0, 0.05) is 0 Å². The van der Waals surface area contributed by atoms with Crippen LogP contribution in [0.5, 0.6) is 0 Å². The van der Waals surface area contributed by atoms with Crippen molar-refractivity contribution >= 4 is 34.1 Å². The average molecular weight is 225 g/mol. The normalized spacial score (nSPS) is 11.3. The fourth-order valence-corrected chi connectivity index (χ4v) is 1.22. The molecular formula is C10H5ClO4. The number of hydrogen-bond donors (Lipinski definition) is 0. The van der Waals surface area contributed by atoms with Gasteiger partial charge in [-0.25, -0.2) is 4.79 Å². The van der Waals surface area contributed by atoms with Gasteiger partial charge in [0.25, 0.3) is 0 Å². The lowest BCUT2D eigenvalue weighted by molar-refractivity contribution is -0.107. The SMILES string of the molecule is O=C(Cl)/C=C/c1ccc2oc(=O)oc2c1. The fraction of sp³-hybridized carbons (Fsp3) is 0. The van der Waals surface area contributed by atoms with E-state index in [1.807, 2.05) is 0 Å². The Kier molecular flexibility index (Phi) is 2.43. The van der Waals surface area contributed by atoms with Crippen molar-refractivity contribution in [2.45, 2.75) is 0 Å². The van der Waals surface area contributed by atoms with E-state index in [2.05, 4.69) is 0 Å². The molecule has 15 heavy (non-hydrogen) atoms. The molecule has 0 aliphatic heterocycles. The summed E-state index contributed by atoms with van der Waals surface area (Å²) in [4.78, 5) is 21.2. The lowest BCUT2D eigenvalue weighted by Crippen LogP contribution is -1.84. The van der Waals surface area contributed by atoms with Gasteiger partial charge in [0.1, 0.15) is 0 Å². The second-order valence-corrected chi connectivity index (χ2v) is 3.17. The van der Waals surface area contributed by atoms with Gasteiger partial charge >= 0.3 is 5.82 Å². The highest BCUT2D eigenvalue weighted by Gasteiger charge is 2.02. The highest BCUT2D eigenvalue weighted by Crippen LogP contribution is 2.15. The predicted octanol–water partition coefficient (Wildman–Crippen LogP) is 2.16. The molecule has 0 atom stereocenters. The standard InChI is InChI=1S/C10H5ClO4/c11-9(12)4-2-6-1-3-7-8(5-6)15-10(13)14-7/h1-5H/b4-2+. The van der Waals surface area contributed by atoms with Crippen molar-refractivity contribution in [1.82, 2.24) is 0 Å². The third-order valence-corrected chi connectivity index (χ3v) is 1.89. The van der Waals surface area contributed by atoms with Crippen molar-refractivity contribution in [3.63, 3.8) is 0 Å². The molecule has 0 saturated carbocycles. The van der Waals surface area contributed by atoms with Crippen LogP contribution >= 0.6 is 11.6 Å². The van der Waals surface area contributed by atoms with E-state index >= 15 is 0 Å². The quantitative estimate of drug-likeness (QED) is 0.579. The molecule has 0 amide bonds. The van der Waals surface area contributed by atoms with E-state index in [4.69, 9.17) is 20.4 Å².